The van der Waals surface area contributed by atoms with Gasteiger partial charge in [-0.1, -0.05) is 33.6 Å². The van der Waals surface area contributed by atoms with Gasteiger partial charge in [-0.15, -0.1) is 0 Å². The second kappa shape index (κ2) is 7.60. The standard InChI is InChI=1S/C11H24O/c1-5-8-10(4)11(9-6-2)12-7-3/h10-11H,5-9H2,1-4H3. The van der Waals surface area contributed by atoms with Crippen LogP contribution in [0.2, 0.25) is 0 Å². The molecule has 0 aliphatic carbocycles. The molecule has 0 saturated carbocycles. The Bertz CT molecular complexity index is 85.0. The van der Waals surface area contributed by atoms with Crippen LogP contribution in [0.3, 0.4) is 0 Å². The van der Waals surface area contributed by atoms with Gasteiger partial charge in [0.2, 0.25) is 0 Å². The van der Waals surface area contributed by atoms with Crippen molar-refractivity contribution >= 4 is 0 Å². The van der Waals surface area contributed by atoms with Crippen molar-refractivity contribution in [3.8, 4) is 0 Å². The molecule has 2 unspecified atom stereocenters. The quantitative estimate of drug-likeness (QED) is 0.570. The molecule has 0 bridgehead atoms. The van der Waals surface area contributed by atoms with Crippen LogP contribution in [0.25, 0.3) is 0 Å². The normalized spacial score (nSPS) is 16.0. The molecule has 0 saturated heterocycles. The lowest BCUT2D eigenvalue weighted by Crippen LogP contribution is -2.21. The molecule has 0 fully saturated rings. The lowest BCUT2D eigenvalue weighted by atomic mass is 9.96. The van der Waals surface area contributed by atoms with Gasteiger partial charge in [0.25, 0.3) is 0 Å². The summed E-state index contributed by atoms with van der Waals surface area (Å²) in [5, 5.41) is 0. The molecular formula is C11H24O. The molecule has 12 heavy (non-hydrogen) atoms. The monoisotopic (exact) mass is 172 g/mol. The largest absolute Gasteiger partial charge is 0.378 e. The second-order valence-corrected chi connectivity index (χ2v) is 3.55. The van der Waals surface area contributed by atoms with E-state index in [-0.39, 0.29) is 0 Å². The third-order valence-electron chi connectivity index (χ3n) is 2.33. The van der Waals surface area contributed by atoms with Gasteiger partial charge in [0.05, 0.1) is 6.10 Å². The number of rotatable bonds is 7. The minimum absolute atomic E-state index is 0.500. The van der Waals surface area contributed by atoms with Crippen LogP contribution in [-0.4, -0.2) is 12.7 Å². The number of hydrogen-bond acceptors (Lipinski definition) is 1. The smallest absolute Gasteiger partial charge is 0.0600 e. The van der Waals surface area contributed by atoms with Gasteiger partial charge in [-0.05, 0) is 25.7 Å². The SMILES string of the molecule is CCCC(C)C(CCC)OCC. The van der Waals surface area contributed by atoms with Crippen molar-refractivity contribution in [1.82, 2.24) is 0 Å². The minimum atomic E-state index is 0.500. The van der Waals surface area contributed by atoms with E-state index in [1.54, 1.807) is 0 Å². The van der Waals surface area contributed by atoms with Gasteiger partial charge in [-0.25, -0.2) is 0 Å². The Hall–Kier alpha value is -0.0400. The average molecular weight is 172 g/mol. The predicted molar refractivity (Wildman–Crippen MR) is 54.4 cm³/mol. The van der Waals surface area contributed by atoms with E-state index in [1.165, 1.54) is 25.7 Å². The Balaban J connectivity index is 3.72. The third-order valence-corrected chi connectivity index (χ3v) is 2.33. The Morgan fingerprint density at radius 2 is 1.58 bits per heavy atom. The van der Waals surface area contributed by atoms with E-state index in [2.05, 4.69) is 27.7 Å². The molecule has 0 radical (unpaired) electrons. The van der Waals surface area contributed by atoms with E-state index in [9.17, 15) is 0 Å². The average Bonchev–Trinajstić information content (AvgIpc) is 2.04. The van der Waals surface area contributed by atoms with Crippen molar-refractivity contribution in [3.05, 3.63) is 0 Å². The van der Waals surface area contributed by atoms with Gasteiger partial charge in [0, 0.05) is 6.61 Å². The van der Waals surface area contributed by atoms with Crippen LogP contribution >= 0.6 is 0 Å². The highest BCUT2D eigenvalue weighted by atomic mass is 16.5. The third kappa shape index (κ3) is 4.76. The van der Waals surface area contributed by atoms with Crippen LogP contribution in [0.15, 0.2) is 0 Å². The summed E-state index contributed by atoms with van der Waals surface area (Å²) >= 11 is 0. The summed E-state index contributed by atoms with van der Waals surface area (Å²) in [6.07, 6.45) is 5.52. The van der Waals surface area contributed by atoms with Crippen molar-refractivity contribution < 1.29 is 4.74 Å². The zero-order chi connectivity index (χ0) is 9.40. The van der Waals surface area contributed by atoms with E-state index >= 15 is 0 Å². The van der Waals surface area contributed by atoms with E-state index in [1.807, 2.05) is 0 Å². The highest BCUT2D eigenvalue weighted by Gasteiger charge is 2.14. The summed E-state index contributed by atoms with van der Waals surface area (Å²) in [7, 11) is 0. The van der Waals surface area contributed by atoms with Gasteiger partial charge in [0.1, 0.15) is 0 Å². The summed E-state index contributed by atoms with van der Waals surface area (Å²) in [6, 6.07) is 0. The Morgan fingerprint density at radius 3 is 2.00 bits per heavy atom. The van der Waals surface area contributed by atoms with Crippen LogP contribution < -0.4 is 0 Å². The van der Waals surface area contributed by atoms with Crippen LogP contribution in [-0.2, 0) is 4.74 Å². The first-order valence-corrected chi connectivity index (χ1v) is 5.37. The fourth-order valence-electron chi connectivity index (χ4n) is 1.67. The van der Waals surface area contributed by atoms with Gasteiger partial charge >= 0.3 is 0 Å². The van der Waals surface area contributed by atoms with E-state index in [0.29, 0.717) is 6.10 Å². The van der Waals surface area contributed by atoms with E-state index in [0.717, 1.165) is 12.5 Å². The molecule has 1 heteroatoms. The fraction of sp³-hybridized carbons (Fsp3) is 1.00. The lowest BCUT2D eigenvalue weighted by molar-refractivity contribution is 0.0163. The highest BCUT2D eigenvalue weighted by molar-refractivity contribution is 4.65. The maximum absolute atomic E-state index is 5.70. The Labute approximate surface area is 77.5 Å². The molecular weight excluding hydrogens is 148 g/mol. The van der Waals surface area contributed by atoms with E-state index in [4.69, 9.17) is 4.74 Å². The molecule has 0 aliphatic heterocycles. The van der Waals surface area contributed by atoms with Crippen LogP contribution in [0.4, 0.5) is 0 Å². The predicted octanol–water partition coefficient (Wildman–Crippen LogP) is 3.63. The molecule has 0 N–H and O–H groups in total. The maximum Gasteiger partial charge on any atom is 0.0600 e. The molecule has 0 aliphatic rings. The molecule has 0 rings (SSSR count). The molecule has 0 heterocycles. The molecule has 0 aromatic carbocycles. The minimum Gasteiger partial charge on any atom is -0.378 e. The number of hydrogen-bond donors (Lipinski definition) is 0. The molecule has 0 amide bonds. The molecule has 2 atom stereocenters. The van der Waals surface area contributed by atoms with Gasteiger partial charge in [-0.2, -0.15) is 0 Å². The van der Waals surface area contributed by atoms with Crippen LogP contribution in [0, 0.1) is 5.92 Å². The molecule has 0 spiro atoms. The van der Waals surface area contributed by atoms with Crippen molar-refractivity contribution in [2.24, 2.45) is 5.92 Å². The summed E-state index contributed by atoms with van der Waals surface area (Å²) in [4.78, 5) is 0. The second-order valence-electron chi connectivity index (χ2n) is 3.55. The summed E-state index contributed by atoms with van der Waals surface area (Å²) < 4.78 is 5.70. The van der Waals surface area contributed by atoms with Gasteiger partial charge in [0.15, 0.2) is 0 Å². The van der Waals surface area contributed by atoms with Crippen molar-refractivity contribution in [1.29, 1.82) is 0 Å². The highest BCUT2D eigenvalue weighted by Crippen LogP contribution is 2.17. The summed E-state index contributed by atoms with van der Waals surface area (Å²) in [5.41, 5.74) is 0. The van der Waals surface area contributed by atoms with Crippen molar-refractivity contribution in [2.45, 2.75) is 59.5 Å². The summed E-state index contributed by atoms with van der Waals surface area (Å²) in [6.45, 7) is 9.72. The van der Waals surface area contributed by atoms with Crippen LogP contribution in [0.5, 0.6) is 0 Å². The zero-order valence-corrected chi connectivity index (χ0v) is 9.10. The Kier molecular flexibility index (Phi) is 7.58. The molecule has 0 aromatic rings. The van der Waals surface area contributed by atoms with E-state index < -0.39 is 0 Å². The lowest BCUT2D eigenvalue weighted by Gasteiger charge is -2.22. The molecule has 0 aromatic heterocycles. The maximum atomic E-state index is 5.70. The Morgan fingerprint density at radius 1 is 1.00 bits per heavy atom. The van der Waals surface area contributed by atoms with Gasteiger partial charge < -0.3 is 4.74 Å². The topological polar surface area (TPSA) is 9.23 Å². The van der Waals surface area contributed by atoms with Gasteiger partial charge in [-0.3, -0.25) is 0 Å². The first kappa shape index (κ1) is 12.0. The first-order valence-electron chi connectivity index (χ1n) is 5.37. The van der Waals surface area contributed by atoms with Crippen LogP contribution in [0.1, 0.15) is 53.4 Å². The summed E-state index contributed by atoms with van der Waals surface area (Å²) in [5.74, 6) is 0.731. The number of ether oxygens (including phenoxy) is 1. The van der Waals surface area contributed by atoms with Crippen molar-refractivity contribution in [2.75, 3.05) is 6.61 Å². The fourth-order valence-corrected chi connectivity index (χ4v) is 1.67. The first-order chi connectivity index (χ1) is 5.76. The molecule has 74 valence electrons. The van der Waals surface area contributed by atoms with Crippen molar-refractivity contribution in [3.63, 3.8) is 0 Å². The molecule has 1 nitrogen and oxygen atoms in total. The zero-order valence-electron chi connectivity index (χ0n) is 9.10.